The van der Waals surface area contributed by atoms with Crippen molar-refractivity contribution in [1.82, 2.24) is 5.32 Å². The summed E-state index contributed by atoms with van der Waals surface area (Å²) in [4.78, 5) is 23.9. The summed E-state index contributed by atoms with van der Waals surface area (Å²) in [6, 6.07) is 14.4. The van der Waals surface area contributed by atoms with Crippen molar-refractivity contribution in [2.75, 3.05) is 20.8 Å². The van der Waals surface area contributed by atoms with Gasteiger partial charge in [0.2, 0.25) is 0 Å². The van der Waals surface area contributed by atoms with Gasteiger partial charge in [0, 0.05) is 0 Å². The summed E-state index contributed by atoms with van der Waals surface area (Å²) in [5.74, 6) is -0.394. The van der Waals surface area contributed by atoms with Crippen LogP contribution >= 0.6 is 15.9 Å². The zero-order chi connectivity index (χ0) is 22.1. The van der Waals surface area contributed by atoms with E-state index in [2.05, 4.69) is 26.0 Å². The summed E-state index contributed by atoms with van der Waals surface area (Å²) >= 11 is 3.36. The van der Waals surface area contributed by atoms with Gasteiger partial charge in [-0.1, -0.05) is 30.3 Å². The molecule has 0 fully saturated rings. The van der Waals surface area contributed by atoms with Gasteiger partial charge in [0.25, 0.3) is 5.91 Å². The zero-order valence-electron chi connectivity index (χ0n) is 16.8. The van der Waals surface area contributed by atoms with Crippen molar-refractivity contribution in [3.8, 4) is 17.6 Å². The summed E-state index contributed by atoms with van der Waals surface area (Å²) in [6.45, 7) is 1.55. The molecule has 2 aromatic rings. The molecule has 0 saturated heterocycles. The molecule has 0 aromatic heterocycles. The Hall–Kier alpha value is -3.31. The Labute approximate surface area is 183 Å². The van der Waals surface area contributed by atoms with Crippen molar-refractivity contribution in [2.24, 2.45) is 0 Å². The summed E-state index contributed by atoms with van der Waals surface area (Å²) < 4.78 is 15.8. The van der Waals surface area contributed by atoms with Gasteiger partial charge in [-0.3, -0.25) is 4.79 Å². The average molecular weight is 473 g/mol. The number of nitrogens with zero attached hydrogens (tertiary/aromatic N) is 1. The first kappa shape index (κ1) is 23.0. The van der Waals surface area contributed by atoms with Gasteiger partial charge in [0.1, 0.15) is 11.6 Å². The van der Waals surface area contributed by atoms with Gasteiger partial charge in [0.05, 0.1) is 24.7 Å². The van der Waals surface area contributed by atoms with Gasteiger partial charge >= 0.3 is 5.97 Å². The number of carbonyl (C=O) groups excluding carboxylic acids is 2. The molecule has 156 valence electrons. The van der Waals surface area contributed by atoms with E-state index in [4.69, 9.17) is 9.47 Å². The number of hydrogen-bond acceptors (Lipinski definition) is 6. The van der Waals surface area contributed by atoms with Crippen LogP contribution in [0.5, 0.6) is 11.5 Å². The number of halogens is 1. The van der Waals surface area contributed by atoms with Crippen LogP contribution in [0.3, 0.4) is 0 Å². The van der Waals surface area contributed by atoms with Crippen LogP contribution in [0, 0.1) is 11.3 Å². The summed E-state index contributed by atoms with van der Waals surface area (Å²) in [5.41, 5.74) is 1.41. The Morgan fingerprint density at radius 1 is 1.23 bits per heavy atom. The maximum atomic E-state index is 12.6. The van der Waals surface area contributed by atoms with E-state index in [1.807, 2.05) is 43.3 Å². The van der Waals surface area contributed by atoms with Crippen LogP contribution in [-0.2, 0) is 14.3 Å². The number of methoxy groups -OCH3 is 2. The molecule has 1 amide bonds. The van der Waals surface area contributed by atoms with Crippen LogP contribution in [0.15, 0.2) is 52.5 Å². The molecule has 2 rings (SSSR count). The molecule has 1 N–H and O–H groups in total. The molecule has 0 spiro atoms. The zero-order valence-corrected chi connectivity index (χ0v) is 18.4. The van der Waals surface area contributed by atoms with Crippen LogP contribution in [-0.4, -0.2) is 32.7 Å². The van der Waals surface area contributed by atoms with Crippen LogP contribution in [0.1, 0.15) is 24.1 Å². The first-order chi connectivity index (χ1) is 14.4. The molecule has 0 aliphatic rings. The molecule has 1 atom stereocenters. The average Bonchev–Trinajstić information content (AvgIpc) is 2.76. The standard InChI is InChI=1S/C22H21BrN2O5/c1-14(16-7-5-4-6-8-16)25-22(27)17(12-24)9-15-10-18(23)21(19(11-15)28-2)30-13-20(26)29-3/h4-11,14H,13H2,1-3H3,(H,25,27). The van der Waals surface area contributed by atoms with Gasteiger partial charge in [-0.2, -0.15) is 5.26 Å². The lowest BCUT2D eigenvalue weighted by atomic mass is 10.1. The molecule has 0 saturated carbocycles. The van der Waals surface area contributed by atoms with Crippen molar-refractivity contribution < 1.29 is 23.8 Å². The number of ether oxygens (including phenoxy) is 3. The van der Waals surface area contributed by atoms with Crippen LogP contribution in [0.25, 0.3) is 6.08 Å². The number of esters is 1. The Bertz CT molecular complexity index is 983. The van der Waals surface area contributed by atoms with E-state index >= 15 is 0 Å². The second-order valence-corrected chi connectivity index (χ2v) is 7.03. The molecule has 0 bridgehead atoms. The van der Waals surface area contributed by atoms with E-state index < -0.39 is 11.9 Å². The SMILES string of the molecule is COC(=O)COc1c(Br)cc(C=C(C#N)C(=O)NC(C)c2ccccc2)cc1OC. The molecule has 7 nitrogen and oxygen atoms in total. The molecular weight excluding hydrogens is 452 g/mol. The van der Waals surface area contributed by atoms with Gasteiger partial charge < -0.3 is 19.5 Å². The predicted octanol–water partition coefficient (Wildman–Crippen LogP) is 3.79. The largest absolute Gasteiger partial charge is 0.493 e. The quantitative estimate of drug-likeness (QED) is 0.356. The number of nitriles is 1. The molecule has 1 unspecified atom stereocenters. The minimum absolute atomic E-state index is 0.0602. The van der Waals surface area contributed by atoms with Gasteiger partial charge in [-0.05, 0) is 52.2 Å². The fourth-order valence-electron chi connectivity index (χ4n) is 2.57. The van der Waals surface area contributed by atoms with Crippen molar-refractivity contribution in [3.63, 3.8) is 0 Å². The Kier molecular flexibility index (Phi) is 8.44. The van der Waals surface area contributed by atoms with Crippen LogP contribution < -0.4 is 14.8 Å². The first-order valence-corrected chi connectivity index (χ1v) is 9.73. The van der Waals surface area contributed by atoms with Crippen LogP contribution in [0.2, 0.25) is 0 Å². The number of hydrogen-bond donors (Lipinski definition) is 1. The van der Waals surface area contributed by atoms with Gasteiger partial charge in [-0.25, -0.2) is 4.79 Å². The minimum Gasteiger partial charge on any atom is -0.493 e. The Balaban J connectivity index is 2.24. The van der Waals surface area contributed by atoms with Crippen molar-refractivity contribution in [2.45, 2.75) is 13.0 Å². The van der Waals surface area contributed by atoms with Gasteiger partial charge in [-0.15, -0.1) is 0 Å². The maximum absolute atomic E-state index is 12.6. The van der Waals surface area contributed by atoms with E-state index in [9.17, 15) is 14.9 Å². The Morgan fingerprint density at radius 3 is 2.53 bits per heavy atom. The van der Waals surface area contributed by atoms with Crippen LogP contribution in [0.4, 0.5) is 0 Å². The fraction of sp³-hybridized carbons (Fsp3) is 0.227. The molecular formula is C22H21BrN2O5. The van der Waals surface area contributed by atoms with Gasteiger partial charge in [0.15, 0.2) is 18.1 Å². The van der Waals surface area contributed by atoms with Crippen molar-refractivity contribution in [1.29, 1.82) is 5.26 Å². The smallest absolute Gasteiger partial charge is 0.343 e. The fourth-order valence-corrected chi connectivity index (χ4v) is 3.14. The van der Waals surface area contributed by atoms with E-state index in [1.165, 1.54) is 20.3 Å². The third-order valence-electron chi connectivity index (χ3n) is 4.14. The molecule has 0 radical (unpaired) electrons. The lowest BCUT2D eigenvalue weighted by molar-refractivity contribution is -0.143. The van der Waals surface area contributed by atoms with E-state index in [0.29, 0.717) is 21.5 Å². The highest BCUT2D eigenvalue weighted by atomic mass is 79.9. The van der Waals surface area contributed by atoms with E-state index in [0.717, 1.165) is 5.56 Å². The second-order valence-electron chi connectivity index (χ2n) is 6.17. The summed E-state index contributed by atoms with van der Waals surface area (Å²) in [6.07, 6.45) is 1.45. The topological polar surface area (TPSA) is 97.7 Å². The lowest BCUT2D eigenvalue weighted by Crippen LogP contribution is -2.27. The van der Waals surface area contributed by atoms with Crippen molar-refractivity contribution in [3.05, 3.63) is 63.6 Å². The number of carbonyl (C=O) groups is 2. The molecule has 2 aromatic carbocycles. The predicted molar refractivity (Wildman–Crippen MR) is 115 cm³/mol. The summed E-state index contributed by atoms with van der Waals surface area (Å²) in [5, 5.41) is 12.3. The third kappa shape index (κ3) is 6.09. The molecule has 8 heteroatoms. The molecule has 30 heavy (non-hydrogen) atoms. The number of amides is 1. The number of benzene rings is 2. The third-order valence-corrected chi connectivity index (χ3v) is 4.73. The first-order valence-electron chi connectivity index (χ1n) is 8.94. The van der Waals surface area contributed by atoms with E-state index in [1.54, 1.807) is 12.1 Å². The molecule has 0 aliphatic heterocycles. The molecule has 0 aliphatic carbocycles. The highest BCUT2D eigenvalue weighted by Gasteiger charge is 2.16. The second kappa shape index (κ2) is 11.0. The highest BCUT2D eigenvalue weighted by Crippen LogP contribution is 2.37. The summed E-state index contributed by atoms with van der Waals surface area (Å²) in [7, 11) is 2.71. The monoisotopic (exact) mass is 472 g/mol. The van der Waals surface area contributed by atoms with Crippen molar-refractivity contribution >= 4 is 33.9 Å². The number of nitrogens with one attached hydrogen (secondary N) is 1. The number of rotatable bonds is 8. The lowest BCUT2D eigenvalue weighted by Gasteiger charge is -2.14. The minimum atomic E-state index is -0.538. The van der Waals surface area contributed by atoms with E-state index in [-0.39, 0.29) is 18.2 Å². The Morgan fingerprint density at radius 2 is 1.93 bits per heavy atom. The highest BCUT2D eigenvalue weighted by molar-refractivity contribution is 9.10. The normalized spacial score (nSPS) is 11.8. The molecule has 0 heterocycles. The maximum Gasteiger partial charge on any atom is 0.343 e.